The van der Waals surface area contributed by atoms with Crippen LogP contribution in [0.5, 0.6) is 34.5 Å². The second kappa shape index (κ2) is 57.3. The molecule has 3 aromatic heterocycles. The lowest BCUT2D eigenvalue weighted by Crippen LogP contribution is -2.07. The lowest BCUT2D eigenvalue weighted by molar-refractivity contribution is 0.234. The summed E-state index contributed by atoms with van der Waals surface area (Å²) in [6.45, 7) is 17.1. The molecule has 0 saturated heterocycles. The summed E-state index contributed by atoms with van der Waals surface area (Å²) >= 11 is 0. The highest BCUT2D eigenvalue weighted by atomic mass is 16.5. The van der Waals surface area contributed by atoms with Gasteiger partial charge in [-0.05, 0) is 178 Å². The molecule has 0 unspecified atom stereocenters. The summed E-state index contributed by atoms with van der Waals surface area (Å²) in [7, 11) is 0. The SMILES string of the molecule is CCCCCCCCCCOc1cc(-c2c3nc(c(C#Cc4cc5ccccc5c5ccccc45)c4ccc([nH]4)c(-c4cc(OCCCCCCCCCC)c(OCCCCCCCCCC)c(OCCCCCCCCCC)c4)c4nc(c(C#Cc5cc6ccccc6c6ccccc56)c5ccc2[nH]5)C=C4)C=C3)cc(OCCCCCCCCCC)c1OCCCCCCCCCC. The summed E-state index contributed by atoms with van der Waals surface area (Å²) in [4.78, 5) is 20.0. The Morgan fingerprint density at radius 2 is 0.463 bits per heavy atom. The third-order valence-corrected chi connectivity index (χ3v) is 27.1. The van der Waals surface area contributed by atoms with Crippen molar-refractivity contribution in [2.45, 2.75) is 350 Å². The minimum atomic E-state index is 0.547. The summed E-state index contributed by atoms with van der Waals surface area (Å²) < 4.78 is 43.2. The third kappa shape index (κ3) is 30.2. The number of nitrogens with zero attached hydrogens (tertiary/aromatic N) is 2. The predicted molar refractivity (Wildman–Crippen MR) is 573 cm³/mol. The van der Waals surface area contributed by atoms with Crippen LogP contribution in [0.3, 0.4) is 0 Å². The van der Waals surface area contributed by atoms with Gasteiger partial charge >= 0.3 is 0 Å². The maximum Gasteiger partial charge on any atom is 0.203 e. The van der Waals surface area contributed by atoms with E-state index in [9.17, 15) is 0 Å². The van der Waals surface area contributed by atoms with Crippen LogP contribution in [0.2, 0.25) is 0 Å². The number of unbranched alkanes of at least 4 members (excludes halogenated alkanes) is 42. The second-order valence-corrected chi connectivity index (χ2v) is 37.9. The Morgan fingerprint density at radius 3 is 0.754 bits per heavy atom. The van der Waals surface area contributed by atoms with Crippen LogP contribution in [0.4, 0.5) is 0 Å². The van der Waals surface area contributed by atoms with E-state index < -0.39 is 0 Å². The van der Waals surface area contributed by atoms with Crippen LogP contribution in [0.1, 0.15) is 395 Å². The first-order chi connectivity index (χ1) is 66.4. The van der Waals surface area contributed by atoms with Gasteiger partial charge in [0, 0.05) is 33.3 Å². The first kappa shape index (κ1) is 101. The Morgan fingerprint density at radius 1 is 0.224 bits per heavy atom. The van der Waals surface area contributed by atoms with E-state index in [-0.39, 0.29) is 0 Å². The van der Waals surface area contributed by atoms with Crippen LogP contribution in [0.25, 0.3) is 112 Å². The van der Waals surface area contributed by atoms with Crippen LogP contribution >= 0.6 is 0 Å². The highest BCUT2D eigenvalue weighted by molar-refractivity contribution is 6.11. The van der Waals surface area contributed by atoms with E-state index in [1.165, 1.54) is 242 Å². The Balaban J connectivity index is 1.05. The molecule has 134 heavy (non-hydrogen) atoms. The zero-order valence-electron chi connectivity index (χ0n) is 82.8. The number of fused-ring (bicyclic) bond motifs is 14. The fourth-order valence-electron chi connectivity index (χ4n) is 19.3. The van der Waals surface area contributed by atoms with Gasteiger partial charge in [-0.25, -0.2) is 9.97 Å². The van der Waals surface area contributed by atoms with Crippen LogP contribution < -0.4 is 28.4 Å². The molecule has 11 aromatic rings. The van der Waals surface area contributed by atoms with Gasteiger partial charge in [-0.2, -0.15) is 0 Å². The molecular weight excluding hydrogens is 1640 g/mol. The van der Waals surface area contributed by atoms with Crippen LogP contribution in [0, 0.1) is 23.7 Å². The molecule has 10 heteroatoms. The fraction of sp³-hybridized carbons (Fsp3) is 0.484. The molecule has 0 atom stereocenters. The van der Waals surface area contributed by atoms with Gasteiger partial charge in [-0.1, -0.05) is 432 Å². The maximum absolute atomic E-state index is 7.23. The zero-order valence-corrected chi connectivity index (χ0v) is 82.8. The van der Waals surface area contributed by atoms with Crippen molar-refractivity contribution in [2.24, 2.45) is 0 Å². The van der Waals surface area contributed by atoms with Crippen molar-refractivity contribution in [1.82, 2.24) is 19.9 Å². The normalized spacial score (nSPS) is 11.7. The number of H-pyrrole nitrogens is 2. The Kier molecular flexibility index (Phi) is 43.1. The van der Waals surface area contributed by atoms with Gasteiger partial charge in [0.25, 0.3) is 0 Å². The lowest BCUT2D eigenvalue weighted by Gasteiger charge is -2.19. The average Bonchev–Trinajstić information content (AvgIpc) is 1.51. The Hall–Kier alpha value is -10.7. The molecule has 0 amide bonds. The first-order valence-electron chi connectivity index (χ1n) is 53.5. The van der Waals surface area contributed by atoms with Gasteiger partial charge in [-0.15, -0.1) is 0 Å². The zero-order chi connectivity index (χ0) is 92.6. The largest absolute Gasteiger partial charge is 0.490 e. The average molecular weight is 1800 g/mol. The van der Waals surface area contributed by atoms with Gasteiger partial charge in [0.1, 0.15) is 0 Å². The topological polar surface area (TPSA) is 113 Å². The van der Waals surface area contributed by atoms with Crippen LogP contribution in [0.15, 0.2) is 158 Å². The molecule has 0 radical (unpaired) electrons. The first-order valence-corrected chi connectivity index (χ1v) is 53.5. The highest BCUT2D eigenvalue weighted by Gasteiger charge is 2.26. The summed E-state index contributed by atoms with van der Waals surface area (Å²) in [5.74, 6) is 19.5. The van der Waals surface area contributed by atoms with E-state index in [0.29, 0.717) is 85.5 Å². The Bertz CT molecular complexity index is 5390. The van der Waals surface area contributed by atoms with E-state index in [4.69, 9.17) is 38.4 Å². The van der Waals surface area contributed by atoms with E-state index >= 15 is 0 Å². The summed E-state index contributed by atoms with van der Waals surface area (Å²) in [5.41, 5.74) is 13.0. The maximum atomic E-state index is 7.23. The molecular formula is C124H158N4O6. The fourth-order valence-corrected chi connectivity index (χ4v) is 19.3. The number of hydrogen-bond donors (Lipinski definition) is 2. The molecule has 8 bridgehead atoms. The molecule has 5 heterocycles. The minimum Gasteiger partial charge on any atom is -0.490 e. The van der Waals surface area contributed by atoms with Crippen molar-refractivity contribution < 1.29 is 28.4 Å². The van der Waals surface area contributed by atoms with Gasteiger partial charge in [-0.3, -0.25) is 0 Å². The molecule has 2 N–H and O–H groups in total. The molecule has 10 nitrogen and oxygen atoms in total. The molecule has 0 saturated carbocycles. The molecule has 2 aliphatic rings. The van der Waals surface area contributed by atoms with E-state index in [1.54, 1.807) is 0 Å². The monoisotopic (exact) mass is 1800 g/mol. The molecule has 2 aliphatic heterocycles. The van der Waals surface area contributed by atoms with Crippen molar-refractivity contribution in [3.8, 4) is 80.4 Å². The molecule has 0 aliphatic carbocycles. The number of nitrogens with one attached hydrogen (secondary N) is 2. The number of aromatic nitrogens is 4. The number of aromatic amines is 2. The van der Waals surface area contributed by atoms with Crippen molar-refractivity contribution in [3.63, 3.8) is 0 Å². The summed E-state index contributed by atoms with van der Waals surface area (Å²) in [5, 5.41) is 9.15. The standard InChI is InChI=1S/C124H158N4O6/c1-7-13-19-25-31-37-43-57-83-129-117-91-99(92-118(130-84-58-44-38-32-26-20-14-8-2)123(117)133-87-61-47-41-35-29-23-17-11-5)121-113-79-75-109(125-113)107(73-71-97-89-95-63-49-51-65-101(95)105-69-55-53-67-103(97)105)111-77-81-115(127-111)122(116-82-78-112(128-116)108(110-76-80-114(121)126-110)74-72-98-90-96-64-50-52-66-102(96)106-70-56-54-68-104(98)106)100-93-119(131-85-59-45-39-33-27-21-15-9-3)124(134-88-62-48-42-36-30-24-18-12-6)120(94-100)132-86-60-46-40-34-28-22-16-10-4/h49-56,63-70,75-82,89-94,125,128H,7-48,57-62,83-88H2,1-6H3. The van der Waals surface area contributed by atoms with Gasteiger partial charge in [0.15, 0.2) is 23.0 Å². The van der Waals surface area contributed by atoms with E-state index in [0.717, 1.165) is 187 Å². The third-order valence-electron chi connectivity index (χ3n) is 27.1. The molecule has 13 rings (SSSR count). The number of ether oxygens (including phenoxy) is 6. The number of hydrogen-bond acceptors (Lipinski definition) is 8. The minimum absolute atomic E-state index is 0.547. The van der Waals surface area contributed by atoms with Gasteiger partial charge in [0.05, 0.1) is 84.6 Å². The summed E-state index contributed by atoms with van der Waals surface area (Å²) in [6.07, 6.45) is 66.2. The van der Waals surface area contributed by atoms with Gasteiger partial charge in [0.2, 0.25) is 11.5 Å². The van der Waals surface area contributed by atoms with Crippen LogP contribution in [-0.2, 0) is 0 Å². The molecule has 8 aromatic carbocycles. The van der Waals surface area contributed by atoms with Gasteiger partial charge < -0.3 is 38.4 Å². The van der Waals surface area contributed by atoms with Crippen LogP contribution in [-0.4, -0.2) is 59.6 Å². The van der Waals surface area contributed by atoms with Crippen molar-refractivity contribution in [1.29, 1.82) is 0 Å². The lowest BCUT2D eigenvalue weighted by atomic mass is 9.97. The number of benzene rings is 8. The molecule has 0 spiro atoms. The quantitative estimate of drug-likeness (QED) is 0.0220. The van der Waals surface area contributed by atoms with Crippen molar-refractivity contribution >= 4 is 89.5 Å². The highest BCUT2D eigenvalue weighted by Crippen LogP contribution is 2.48. The molecule has 0 fully saturated rings. The second-order valence-electron chi connectivity index (χ2n) is 37.9. The summed E-state index contributed by atoms with van der Waals surface area (Å²) in [6, 6.07) is 56.8. The molecule has 710 valence electrons. The van der Waals surface area contributed by atoms with E-state index in [2.05, 4.69) is 257 Å². The van der Waals surface area contributed by atoms with Crippen molar-refractivity contribution in [3.05, 3.63) is 203 Å². The number of rotatable bonds is 62. The Labute approximate surface area is 805 Å². The van der Waals surface area contributed by atoms with E-state index in [1.807, 2.05) is 0 Å². The predicted octanol–water partition coefficient (Wildman–Crippen LogP) is 36.5. The van der Waals surface area contributed by atoms with Crippen molar-refractivity contribution in [2.75, 3.05) is 39.6 Å². The smallest absolute Gasteiger partial charge is 0.203 e.